The molecule has 0 aromatic carbocycles. The SMILES string of the molecule is CC1CC1c1ccc(CC(C)(O)C(=O)O)o1. The third-order valence-corrected chi connectivity index (χ3v) is 3.14. The second-order valence-corrected chi connectivity index (χ2v) is 4.88. The molecule has 88 valence electrons. The van der Waals surface area contributed by atoms with Gasteiger partial charge in [-0.25, -0.2) is 4.79 Å². The fraction of sp³-hybridized carbons (Fsp3) is 0.583. The van der Waals surface area contributed by atoms with E-state index >= 15 is 0 Å². The maximum absolute atomic E-state index is 10.7. The van der Waals surface area contributed by atoms with Gasteiger partial charge < -0.3 is 14.6 Å². The van der Waals surface area contributed by atoms with Crippen LogP contribution in [0.2, 0.25) is 0 Å². The lowest BCUT2D eigenvalue weighted by Gasteiger charge is -2.15. The topological polar surface area (TPSA) is 70.7 Å². The van der Waals surface area contributed by atoms with Crippen LogP contribution in [0.25, 0.3) is 0 Å². The highest BCUT2D eigenvalue weighted by Gasteiger charge is 2.37. The zero-order chi connectivity index (χ0) is 11.9. The van der Waals surface area contributed by atoms with E-state index in [0.29, 0.717) is 17.6 Å². The maximum Gasteiger partial charge on any atom is 0.335 e. The van der Waals surface area contributed by atoms with Crippen LogP contribution in [0.4, 0.5) is 0 Å². The van der Waals surface area contributed by atoms with E-state index in [-0.39, 0.29) is 6.42 Å². The third kappa shape index (κ3) is 2.11. The van der Waals surface area contributed by atoms with Gasteiger partial charge in [-0.3, -0.25) is 0 Å². The first-order chi connectivity index (χ1) is 7.40. The second-order valence-electron chi connectivity index (χ2n) is 4.88. The molecular weight excluding hydrogens is 208 g/mol. The second kappa shape index (κ2) is 3.63. The number of rotatable bonds is 4. The van der Waals surface area contributed by atoms with Gasteiger partial charge in [0.15, 0.2) is 5.60 Å². The molecular formula is C12H16O4. The molecule has 1 aliphatic carbocycles. The van der Waals surface area contributed by atoms with Crippen LogP contribution < -0.4 is 0 Å². The molecule has 1 aliphatic rings. The van der Waals surface area contributed by atoms with Gasteiger partial charge in [-0.1, -0.05) is 6.92 Å². The molecule has 16 heavy (non-hydrogen) atoms. The number of carboxylic acid groups (broad SMARTS) is 1. The van der Waals surface area contributed by atoms with Crippen LogP contribution in [-0.4, -0.2) is 21.8 Å². The summed E-state index contributed by atoms with van der Waals surface area (Å²) in [5.74, 6) is 1.33. The Bertz CT molecular complexity index is 405. The minimum Gasteiger partial charge on any atom is -0.479 e. The average molecular weight is 224 g/mol. The van der Waals surface area contributed by atoms with E-state index in [9.17, 15) is 9.90 Å². The van der Waals surface area contributed by atoms with E-state index in [2.05, 4.69) is 6.92 Å². The number of hydrogen-bond acceptors (Lipinski definition) is 3. The third-order valence-electron chi connectivity index (χ3n) is 3.14. The fourth-order valence-corrected chi connectivity index (χ4v) is 1.82. The molecule has 0 bridgehead atoms. The van der Waals surface area contributed by atoms with Gasteiger partial charge in [0, 0.05) is 12.3 Å². The van der Waals surface area contributed by atoms with E-state index in [1.807, 2.05) is 6.07 Å². The van der Waals surface area contributed by atoms with Crippen LogP contribution in [0.15, 0.2) is 16.5 Å². The van der Waals surface area contributed by atoms with Crippen molar-refractivity contribution in [2.24, 2.45) is 5.92 Å². The lowest BCUT2D eigenvalue weighted by atomic mass is 10.0. The molecule has 0 spiro atoms. The smallest absolute Gasteiger partial charge is 0.335 e. The normalized spacial score (nSPS) is 27.4. The summed E-state index contributed by atoms with van der Waals surface area (Å²) in [6.07, 6.45) is 1.13. The Kier molecular flexibility index (Phi) is 2.54. The number of carboxylic acids is 1. The van der Waals surface area contributed by atoms with Crippen LogP contribution in [0.3, 0.4) is 0 Å². The van der Waals surface area contributed by atoms with Crippen molar-refractivity contribution in [1.82, 2.24) is 0 Å². The molecule has 2 N–H and O–H groups in total. The van der Waals surface area contributed by atoms with Crippen molar-refractivity contribution in [2.45, 2.75) is 38.2 Å². The molecule has 4 nitrogen and oxygen atoms in total. The molecule has 1 heterocycles. The molecule has 2 rings (SSSR count). The van der Waals surface area contributed by atoms with Gasteiger partial charge >= 0.3 is 5.97 Å². The van der Waals surface area contributed by atoms with Gasteiger partial charge in [-0.15, -0.1) is 0 Å². The Hall–Kier alpha value is -1.29. The first-order valence-electron chi connectivity index (χ1n) is 5.44. The van der Waals surface area contributed by atoms with E-state index in [4.69, 9.17) is 9.52 Å². The van der Waals surface area contributed by atoms with Gasteiger partial charge in [0.1, 0.15) is 11.5 Å². The molecule has 1 saturated carbocycles. The van der Waals surface area contributed by atoms with Crippen LogP contribution >= 0.6 is 0 Å². The summed E-state index contributed by atoms with van der Waals surface area (Å²) in [4.78, 5) is 10.7. The van der Waals surface area contributed by atoms with Gasteiger partial charge in [-0.2, -0.15) is 0 Å². The minimum atomic E-state index is -1.76. The first-order valence-corrected chi connectivity index (χ1v) is 5.44. The fourth-order valence-electron chi connectivity index (χ4n) is 1.82. The number of hydrogen-bond donors (Lipinski definition) is 2. The standard InChI is InChI=1S/C12H16O4/c1-7-5-9(7)10-4-3-8(16-10)6-12(2,15)11(13)14/h3-4,7,9,15H,5-6H2,1-2H3,(H,13,14). The molecule has 0 amide bonds. The molecule has 1 aromatic rings. The summed E-state index contributed by atoms with van der Waals surface area (Å²) in [6.45, 7) is 3.43. The molecule has 4 heteroatoms. The van der Waals surface area contributed by atoms with E-state index < -0.39 is 11.6 Å². The van der Waals surface area contributed by atoms with Crippen molar-refractivity contribution in [3.8, 4) is 0 Å². The number of aliphatic carboxylic acids is 1. The zero-order valence-electron chi connectivity index (χ0n) is 9.43. The largest absolute Gasteiger partial charge is 0.479 e. The Balaban J connectivity index is 2.05. The van der Waals surface area contributed by atoms with Crippen LogP contribution in [0.5, 0.6) is 0 Å². The van der Waals surface area contributed by atoms with Crippen molar-refractivity contribution >= 4 is 5.97 Å². The molecule has 1 aromatic heterocycles. The molecule has 3 atom stereocenters. The lowest BCUT2D eigenvalue weighted by molar-refractivity contribution is -0.156. The Morgan fingerprint density at radius 2 is 2.25 bits per heavy atom. The quantitative estimate of drug-likeness (QED) is 0.817. The predicted molar refractivity (Wildman–Crippen MR) is 57.2 cm³/mol. The van der Waals surface area contributed by atoms with Gasteiger partial charge in [-0.05, 0) is 31.4 Å². The monoisotopic (exact) mass is 224 g/mol. The van der Waals surface area contributed by atoms with Crippen molar-refractivity contribution in [2.75, 3.05) is 0 Å². The number of aliphatic hydroxyl groups is 1. The number of carbonyl (C=O) groups is 1. The van der Waals surface area contributed by atoms with Crippen LogP contribution in [0, 0.1) is 5.92 Å². The van der Waals surface area contributed by atoms with E-state index in [0.717, 1.165) is 12.2 Å². The van der Waals surface area contributed by atoms with Crippen LogP contribution in [-0.2, 0) is 11.2 Å². The number of furan rings is 1. The molecule has 0 aliphatic heterocycles. The van der Waals surface area contributed by atoms with Crippen LogP contribution in [0.1, 0.15) is 37.7 Å². The molecule has 0 saturated heterocycles. The Morgan fingerprint density at radius 3 is 2.75 bits per heavy atom. The summed E-state index contributed by atoms with van der Waals surface area (Å²) in [5.41, 5.74) is -1.76. The van der Waals surface area contributed by atoms with Gasteiger partial charge in [0.05, 0.1) is 0 Å². The molecule has 1 fully saturated rings. The van der Waals surface area contributed by atoms with E-state index in [1.54, 1.807) is 6.07 Å². The first kappa shape index (κ1) is 11.2. The Labute approximate surface area is 93.9 Å². The van der Waals surface area contributed by atoms with Crippen molar-refractivity contribution < 1.29 is 19.4 Å². The predicted octanol–water partition coefficient (Wildman–Crippen LogP) is 1.78. The summed E-state index contributed by atoms with van der Waals surface area (Å²) in [6, 6.07) is 3.62. The lowest BCUT2D eigenvalue weighted by Crippen LogP contribution is -2.37. The van der Waals surface area contributed by atoms with Crippen molar-refractivity contribution in [1.29, 1.82) is 0 Å². The van der Waals surface area contributed by atoms with E-state index in [1.165, 1.54) is 6.92 Å². The van der Waals surface area contributed by atoms with Crippen molar-refractivity contribution in [3.05, 3.63) is 23.7 Å². The highest BCUT2D eigenvalue weighted by atomic mass is 16.4. The Morgan fingerprint density at radius 1 is 1.62 bits per heavy atom. The van der Waals surface area contributed by atoms with Crippen molar-refractivity contribution in [3.63, 3.8) is 0 Å². The zero-order valence-corrected chi connectivity index (χ0v) is 9.43. The van der Waals surface area contributed by atoms with Gasteiger partial charge in [0.25, 0.3) is 0 Å². The highest BCUT2D eigenvalue weighted by molar-refractivity contribution is 5.76. The molecule has 0 radical (unpaired) electrons. The summed E-state index contributed by atoms with van der Waals surface area (Å²) >= 11 is 0. The van der Waals surface area contributed by atoms with Gasteiger partial charge in [0.2, 0.25) is 0 Å². The maximum atomic E-state index is 10.7. The average Bonchev–Trinajstić information content (AvgIpc) is 2.73. The minimum absolute atomic E-state index is 0.00341. The summed E-state index contributed by atoms with van der Waals surface area (Å²) in [5, 5.41) is 18.4. The summed E-state index contributed by atoms with van der Waals surface area (Å²) < 4.78 is 5.54. The summed E-state index contributed by atoms with van der Waals surface area (Å²) in [7, 11) is 0. The highest BCUT2D eigenvalue weighted by Crippen LogP contribution is 2.47. The molecule has 3 unspecified atom stereocenters.